The van der Waals surface area contributed by atoms with Gasteiger partial charge in [0.1, 0.15) is 16.0 Å². The van der Waals surface area contributed by atoms with Crippen LogP contribution in [0.25, 0.3) is 0 Å². The van der Waals surface area contributed by atoms with E-state index < -0.39 is 5.97 Å². The predicted octanol–water partition coefficient (Wildman–Crippen LogP) is 1.46. The summed E-state index contributed by atoms with van der Waals surface area (Å²) in [6, 6.07) is 4.66. The minimum absolute atomic E-state index is 0.0499. The van der Waals surface area contributed by atoms with E-state index >= 15 is 0 Å². The number of hydrogen-bond acceptors (Lipinski definition) is 4. The van der Waals surface area contributed by atoms with Gasteiger partial charge in [-0.05, 0) is 35.0 Å². The number of aryl methyl sites for hydroxylation is 1. The molecule has 0 amide bonds. The summed E-state index contributed by atoms with van der Waals surface area (Å²) in [4.78, 5) is 30.8. The van der Waals surface area contributed by atoms with Crippen LogP contribution in [0.1, 0.15) is 22.0 Å². The highest BCUT2D eigenvalue weighted by Gasteiger charge is 2.09. The average Bonchev–Trinajstić information content (AvgIpc) is 2.39. The summed E-state index contributed by atoms with van der Waals surface area (Å²) in [5.74, 6) is -0.561. The molecule has 0 spiro atoms. The lowest BCUT2D eigenvalue weighted by atomic mass is 10.3. The summed E-state index contributed by atoms with van der Waals surface area (Å²) in [5.41, 5.74) is 0.214. The van der Waals surface area contributed by atoms with Crippen molar-refractivity contribution in [2.45, 2.75) is 13.5 Å². The van der Waals surface area contributed by atoms with Crippen molar-refractivity contribution in [3.05, 3.63) is 56.4 Å². The van der Waals surface area contributed by atoms with Crippen molar-refractivity contribution in [2.24, 2.45) is 0 Å². The molecule has 2 aromatic heterocycles. The molecule has 1 N–H and O–H groups in total. The standard InChI is InChI=1S/C12H10BrN3O3/c1-7-14-5-9(13)11(17)16(7)6-8-3-2-4-10(15-8)12(18)19/h2-5H,6H2,1H3,(H,18,19). The molecular weight excluding hydrogens is 314 g/mol. The topological polar surface area (TPSA) is 85.1 Å². The van der Waals surface area contributed by atoms with Crippen LogP contribution in [-0.4, -0.2) is 25.6 Å². The maximum absolute atomic E-state index is 11.9. The first-order valence-corrected chi connectivity index (χ1v) is 6.19. The number of aromatic carboxylic acids is 1. The SMILES string of the molecule is Cc1ncc(Br)c(=O)n1Cc1cccc(C(=O)O)n1. The van der Waals surface area contributed by atoms with Crippen molar-refractivity contribution < 1.29 is 9.90 Å². The van der Waals surface area contributed by atoms with Crippen molar-refractivity contribution in [2.75, 3.05) is 0 Å². The molecule has 0 aliphatic carbocycles. The second-order valence-corrected chi connectivity index (χ2v) is 4.72. The van der Waals surface area contributed by atoms with Gasteiger partial charge in [-0.25, -0.2) is 14.8 Å². The molecular formula is C12H10BrN3O3. The Morgan fingerprint density at radius 2 is 2.21 bits per heavy atom. The zero-order chi connectivity index (χ0) is 14.0. The summed E-state index contributed by atoms with van der Waals surface area (Å²) in [6.07, 6.45) is 1.44. The molecule has 0 fully saturated rings. The van der Waals surface area contributed by atoms with Crippen molar-refractivity contribution >= 4 is 21.9 Å². The third kappa shape index (κ3) is 2.87. The molecule has 0 saturated carbocycles. The van der Waals surface area contributed by atoms with Gasteiger partial charge in [-0.15, -0.1) is 0 Å². The molecule has 0 aliphatic heterocycles. The van der Waals surface area contributed by atoms with E-state index in [1.807, 2.05) is 0 Å². The number of carboxylic acids is 1. The molecule has 2 heterocycles. The monoisotopic (exact) mass is 323 g/mol. The van der Waals surface area contributed by atoms with Crippen LogP contribution in [0.2, 0.25) is 0 Å². The van der Waals surface area contributed by atoms with Crippen LogP contribution >= 0.6 is 15.9 Å². The third-order valence-corrected chi connectivity index (χ3v) is 3.09. The molecule has 0 atom stereocenters. The van der Waals surface area contributed by atoms with Gasteiger partial charge in [0.25, 0.3) is 5.56 Å². The summed E-state index contributed by atoms with van der Waals surface area (Å²) < 4.78 is 1.78. The number of rotatable bonds is 3. The molecule has 6 nitrogen and oxygen atoms in total. The van der Waals surface area contributed by atoms with E-state index in [-0.39, 0.29) is 17.8 Å². The Labute approximate surface area is 116 Å². The first-order chi connectivity index (χ1) is 8.99. The molecule has 19 heavy (non-hydrogen) atoms. The summed E-state index contributed by atoms with van der Waals surface area (Å²) >= 11 is 3.12. The van der Waals surface area contributed by atoms with E-state index in [0.717, 1.165) is 0 Å². The number of nitrogens with zero attached hydrogens (tertiary/aromatic N) is 3. The minimum atomic E-state index is -1.10. The lowest BCUT2D eigenvalue weighted by Gasteiger charge is -2.09. The number of pyridine rings is 1. The van der Waals surface area contributed by atoms with Crippen LogP contribution in [0, 0.1) is 6.92 Å². The van der Waals surface area contributed by atoms with Crippen LogP contribution in [-0.2, 0) is 6.54 Å². The Hall–Kier alpha value is -2.02. The number of carboxylic acid groups (broad SMARTS) is 1. The molecule has 2 aromatic rings. The van der Waals surface area contributed by atoms with Gasteiger partial charge in [-0.3, -0.25) is 9.36 Å². The normalized spacial score (nSPS) is 10.4. The van der Waals surface area contributed by atoms with Crippen molar-refractivity contribution in [1.29, 1.82) is 0 Å². The van der Waals surface area contributed by atoms with Crippen LogP contribution in [0.4, 0.5) is 0 Å². The largest absolute Gasteiger partial charge is 0.477 e. The molecule has 0 bridgehead atoms. The van der Waals surface area contributed by atoms with E-state index in [4.69, 9.17) is 5.11 Å². The van der Waals surface area contributed by atoms with Gasteiger partial charge in [0.2, 0.25) is 0 Å². The summed E-state index contributed by atoms with van der Waals surface area (Å²) in [7, 11) is 0. The third-order valence-electron chi connectivity index (χ3n) is 2.55. The Morgan fingerprint density at radius 3 is 2.89 bits per heavy atom. The molecule has 0 aromatic carbocycles. The molecule has 0 radical (unpaired) electrons. The lowest BCUT2D eigenvalue weighted by molar-refractivity contribution is 0.0690. The molecule has 0 unspecified atom stereocenters. The minimum Gasteiger partial charge on any atom is -0.477 e. The molecule has 2 rings (SSSR count). The van der Waals surface area contributed by atoms with E-state index in [9.17, 15) is 9.59 Å². The maximum Gasteiger partial charge on any atom is 0.354 e. The van der Waals surface area contributed by atoms with Crippen LogP contribution in [0.15, 0.2) is 33.7 Å². The Bertz CT molecular complexity index is 697. The van der Waals surface area contributed by atoms with Gasteiger partial charge in [-0.2, -0.15) is 0 Å². The Balaban J connectivity index is 2.42. The van der Waals surface area contributed by atoms with Gasteiger partial charge in [0.15, 0.2) is 0 Å². The molecule has 7 heteroatoms. The molecule has 98 valence electrons. The number of hydrogen-bond donors (Lipinski definition) is 1. The summed E-state index contributed by atoms with van der Waals surface area (Å²) in [5, 5.41) is 8.88. The number of halogens is 1. The van der Waals surface area contributed by atoms with Gasteiger partial charge in [0, 0.05) is 6.20 Å². The molecule has 0 aliphatic rings. The Kier molecular flexibility index (Phi) is 3.75. The van der Waals surface area contributed by atoms with Crippen LogP contribution in [0.3, 0.4) is 0 Å². The van der Waals surface area contributed by atoms with Crippen molar-refractivity contribution in [3.63, 3.8) is 0 Å². The second-order valence-electron chi connectivity index (χ2n) is 3.86. The van der Waals surface area contributed by atoms with E-state index in [0.29, 0.717) is 16.0 Å². The lowest BCUT2D eigenvalue weighted by Crippen LogP contribution is -2.25. The van der Waals surface area contributed by atoms with Crippen molar-refractivity contribution in [3.8, 4) is 0 Å². The summed E-state index contributed by atoms with van der Waals surface area (Å²) in [6.45, 7) is 1.88. The quantitative estimate of drug-likeness (QED) is 0.924. The second kappa shape index (κ2) is 5.31. The van der Waals surface area contributed by atoms with Crippen molar-refractivity contribution in [1.82, 2.24) is 14.5 Å². The first-order valence-electron chi connectivity index (χ1n) is 5.40. The fourth-order valence-electron chi connectivity index (χ4n) is 1.59. The smallest absolute Gasteiger partial charge is 0.354 e. The van der Waals surface area contributed by atoms with Gasteiger partial charge in [0.05, 0.1) is 12.2 Å². The number of aromatic nitrogens is 3. The van der Waals surface area contributed by atoms with E-state index in [2.05, 4.69) is 25.9 Å². The van der Waals surface area contributed by atoms with Gasteiger partial charge >= 0.3 is 5.97 Å². The zero-order valence-electron chi connectivity index (χ0n) is 10.00. The zero-order valence-corrected chi connectivity index (χ0v) is 11.6. The molecule has 0 saturated heterocycles. The number of carbonyl (C=O) groups is 1. The van der Waals surface area contributed by atoms with Gasteiger partial charge in [-0.1, -0.05) is 6.07 Å². The highest BCUT2D eigenvalue weighted by atomic mass is 79.9. The fourth-order valence-corrected chi connectivity index (χ4v) is 1.90. The van der Waals surface area contributed by atoms with E-state index in [1.165, 1.54) is 16.8 Å². The first kappa shape index (κ1) is 13.4. The average molecular weight is 324 g/mol. The van der Waals surface area contributed by atoms with Crippen LogP contribution < -0.4 is 5.56 Å². The van der Waals surface area contributed by atoms with E-state index in [1.54, 1.807) is 19.1 Å². The highest BCUT2D eigenvalue weighted by molar-refractivity contribution is 9.10. The predicted molar refractivity (Wildman–Crippen MR) is 71.2 cm³/mol. The Morgan fingerprint density at radius 1 is 1.47 bits per heavy atom. The highest BCUT2D eigenvalue weighted by Crippen LogP contribution is 2.05. The maximum atomic E-state index is 11.9. The fraction of sp³-hybridized carbons (Fsp3) is 0.167. The van der Waals surface area contributed by atoms with Gasteiger partial charge < -0.3 is 5.11 Å². The van der Waals surface area contributed by atoms with Crippen LogP contribution in [0.5, 0.6) is 0 Å².